The smallest absolute Gasteiger partial charge is 0.125 e. The number of benzene rings is 1. The van der Waals surface area contributed by atoms with Crippen molar-refractivity contribution in [2.24, 2.45) is 0 Å². The normalized spacial score (nSPS) is 12.5. The molecular formula is C13H11Br3O2S. The molecule has 6 heteroatoms. The molecule has 19 heavy (non-hydrogen) atoms. The highest BCUT2D eigenvalue weighted by atomic mass is 79.9. The summed E-state index contributed by atoms with van der Waals surface area (Å²) in [7, 11) is 0. The van der Waals surface area contributed by atoms with Crippen LogP contribution in [0.15, 0.2) is 36.3 Å². The number of hydrogen-bond donors (Lipinski definition) is 1. The first-order valence-corrected chi connectivity index (χ1v) is 8.77. The zero-order valence-corrected chi connectivity index (χ0v) is 15.6. The maximum atomic E-state index is 10.6. The lowest BCUT2D eigenvalue weighted by Crippen LogP contribution is -2.03. The predicted octanol–water partition coefficient (Wildman–Crippen LogP) is 5.52. The van der Waals surface area contributed by atoms with Gasteiger partial charge in [0.2, 0.25) is 0 Å². The number of halogens is 3. The van der Waals surface area contributed by atoms with Crippen molar-refractivity contribution in [3.8, 4) is 5.75 Å². The van der Waals surface area contributed by atoms with Crippen molar-refractivity contribution in [2.75, 3.05) is 6.61 Å². The molecule has 0 amide bonds. The Bertz CT molecular complexity index is 583. The molecule has 0 fully saturated rings. The first-order chi connectivity index (χ1) is 9.02. The molecule has 2 rings (SSSR count). The summed E-state index contributed by atoms with van der Waals surface area (Å²) in [4.78, 5) is 0. The van der Waals surface area contributed by atoms with Crippen LogP contribution in [0.5, 0.6) is 5.75 Å². The Kier molecular flexibility index (Phi) is 5.48. The molecule has 1 N–H and O–H groups in total. The van der Waals surface area contributed by atoms with Crippen LogP contribution >= 0.6 is 59.1 Å². The Labute approximate surface area is 141 Å². The van der Waals surface area contributed by atoms with Crippen LogP contribution in [-0.4, -0.2) is 11.7 Å². The summed E-state index contributed by atoms with van der Waals surface area (Å²) < 4.78 is 8.37. The fourth-order valence-electron chi connectivity index (χ4n) is 1.73. The third-order valence-electron chi connectivity index (χ3n) is 2.54. The third-order valence-corrected chi connectivity index (χ3v) is 5.42. The molecule has 0 aliphatic carbocycles. The van der Waals surface area contributed by atoms with Gasteiger partial charge in [0.25, 0.3) is 0 Å². The number of rotatable bonds is 4. The van der Waals surface area contributed by atoms with E-state index in [4.69, 9.17) is 4.74 Å². The molecule has 0 bridgehead atoms. The Hall–Kier alpha value is 0.120. The second kappa shape index (κ2) is 6.72. The Morgan fingerprint density at radius 2 is 1.95 bits per heavy atom. The van der Waals surface area contributed by atoms with Gasteiger partial charge < -0.3 is 9.84 Å². The van der Waals surface area contributed by atoms with E-state index in [-0.39, 0.29) is 0 Å². The van der Waals surface area contributed by atoms with Crippen molar-refractivity contribution >= 4 is 59.1 Å². The average molecular weight is 471 g/mol. The summed E-state index contributed by atoms with van der Waals surface area (Å²) in [5.74, 6) is 0.701. The average Bonchev–Trinajstić information content (AvgIpc) is 2.70. The van der Waals surface area contributed by atoms with E-state index in [1.54, 1.807) is 0 Å². The highest BCUT2D eigenvalue weighted by molar-refractivity contribution is 9.12. The maximum Gasteiger partial charge on any atom is 0.125 e. The van der Waals surface area contributed by atoms with Crippen LogP contribution in [-0.2, 0) is 0 Å². The predicted molar refractivity (Wildman–Crippen MR) is 89.1 cm³/mol. The fourth-order valence-corrected chi connectivity index (χ4v) is 4.99. The van der Waals surface area contributed by atoms with Gasteiger partial charge in [0, 0.05) is 15.6 Å². The van der Waals surface area contributed by atoms with E-state index in [1.807, 2.05) is 31.2 Å². The molecule has 0 aliphatic rings. The summed E-state index contributed by atoms with van der Waals surface area (Å²) in [6.45, 7) is 2.49. The number of aliphatic hydroxyl groups is 1. The standard InChI is InChI=1S/C13H11Br3O2S/c1-2-18-10-4-3-7(14)5-8(10)12(17)9-6-11(15)19-13(9)16/h3-6,12,17H,2H2,1H3. The van der Waals surface area contributed by atoms with Gasteiger partial charge >= 0.3 is 0 Å². The van der Waals surface area contributed by atoms with Crippen molar-refractivity contribution in [1.82, 2.24) is 0 Å². The van der Waals surface area contributed by atoms with E-state index in [1.165, 1.54) is 11.3 Å². The van der Waals surface area contributed by atoms with Crippen LogP contribution in [0.4, 0.5) is 0 Å². The second-order valence-corrected chi connectivity index (χ2v) is 8.46. The number of aliphatic hydroxyl groups excluding tert-OH is 1. The van der Waals surface area contributed by atoms with Crippen LogP contribution in [0.25, 0.3) is 0 Å². The van der Waals surface area contributed by atoms with Crippen molar-refractivity contribution < 1.29 is 9.84 Å². The number of hydrogen-bond acceptors (Lipinski definition) is 3. The molecule has 1 aromatic carbocycles. The monoisotopic (exact) mass is 468 g/mol. The van der Waals surface area contributed by atoms with Gasteiger partial charge in [-0.3, -0.25) is 0 Å². The van der Waals surface area contributed by atoms with Crippen molar-refractivity contribution in [1.29, 1.82) is 0 Å². The first kappa shape index (κ1) is 15.5. The summed E-state index contributed by atoms with van der Waals surface area (Å²) in [5.41, 5.74) is 1.58. The first-order valence-electron chi connectivity index (χ1n) is 5.58. The number of thiophene rings is 1. The minimum Gasteiger partial charge on any atom is -0.493 e. The third kappa shape index (κ3) is 3.61. The zero-order valence-electron chi connectivity index (χ0n) is 9.99. The molecule has 1 unspecified atom stereocenters. The van der Waals surface area contributed by atoms with Gasteiger partial charge in [-0.15, -0.1) is 11.3 Å². The van der Waals surface area contributed by atoms with Gasteiger partial charge in [-0.25, -0.2) is 0 Å². The van der Waals surface area contributed by atoms with E-state index in [9.17, 15) is 5.11 Å². The highest BCUT2D eigenvalue weighted by Crippen LogP contribution is 2.40. The van der Waals surface area contributed by atoms with Crippen molar-refractivity contribution in [2.45, 2.75) is 13.0 Å². The fraction of sp³-hybridized carbons (Fsp3) is 0.231. The number of ether oxygens (including phenoxy) is 1. The highest BCUT2D eigenvalue weighted by Gasteiger charge is 2.20. The van der Waals surface area contributed by atoms with E-state index in [0.29, 0.717) is 12.4 Å². The lowest BCUT2D eigenvalue weighted by atomic mass is 10.0. The summed E-state index contributed by atoms with van der Waals surface area (Å²) in [6, 6.07) is 7.56. The van der Waals surface area contributed by atoms with E-state index < -0.39 is 6.10 Å². The van der Waals surface area contributed by atoms with Gasteiger partial charge in [-0.2, -0.15) is 0 Å². The molecule has 102 valence electrons. The largest absolute Gasteiger partial charge is 0.493 e. The van der Waals surface area contributed by atoms with Gasteiger partial charge in [0.1, 0.15) is 11.9 Å². The molecule has 1 atom stereocenters. The van der Waals surface area contributed by atoms with Gasteiger partial charge in [0.15, 0.2) is 0 Å². The second-order valence-electron chi connectivity index (χ2n) is 3.80. The molecule has 0 spiro atoms. The lowest BCUT2D eigenvalue weighted by molar-refractivity contribution is 0.211. The molecule has 2 nitrogen and oxygen atoms in total. The van der Waals surface area contributed by atoms with Gasteiger partial charge in [0.05, 0.1) is 14.2 Å². The minimum atomic E-state index is -0.726. The molecule has 0 saturated heterocycles. The Balaban J connectivity index is 2.45. The van der Waals surface area contributed by atoms with E-state index in [2.05, 4.69) is 47.8 Å². The molecule has 1 aromatic heterocycles. The molecule has 1 heterocycles. The van der Waals surface area contributed by atoms with Crippen LogP contribution in [0.3, 0.4) is 0 Å². The molecule has 2 aromatic rings. The van der Waals surface area contributed by atoms with Crippen LogP contribution in [0.2, 0.25) is 0 Å². The van der Waals surface area contributed by atoms with Gasteiger partial charge in [-0.1, -0.05) is 15.9 Å². The molecule has 0 saturated carbocycles. The summed E-state index contributed by atoms with van der Waals surface area (Å²) in [5, 5.41) is 10.6. The minimum absolute atomic E-state index is 0.565. The Morgan fingerprint density at radius 3 is 2.53 bits per heavy atom. The van der Waals surface area contributed by atoms with Crippen LogP contribution in [0, 0.1) is 0 Å². The van der Waals surface area contributed by atoms with Crippen molar-refractivity contribution in [3.63, 3.8) is 0 Å². The lowest BCUT2D eigenvalue weighted by Gasteiger charge is -2.16. The van der Waals surface area contributed by atoms with Gasteiger partial charge in [-0.05, 0) is 63.0 Å². The molecule has 0 aliphatic heterocycles. The quantitative estimate of drug-likeness (QED) is 0.638. The summed E-state index contributed by atoms with van der Waals surface area (Å²) in [6.07, 6.45) is -0.726. The van der Waals surface area contributed by atoms with Crippen molar-refractivity contribution in [3.05, 3.63) is 47.4 Å². The SMILES string of the molecule is CCOc1ccc(Br)cc1C(O)c1cc(Br)sc1Br. The molecule has 0 radical (unpaired) electrons. The molecular weight excluding hydrogens is 460 g/mol. The topological polar surface area (TPSA) is 29.5 Å². The Morgan fingerprint density at radius 1 is 1.21 bits per heavy atom. The zero-order chi connectivity index (χ0) is 14.0. The van der Waals surface area contributed by atoms with Crippen LogP contribution in [0.1, 0.15) is 24.2 Å². The summed E-state index contributed by atoms with van der Waals surface area (Å²) >= 11 is 11.9. The van der Waals surface area contributed by atoms with Crippen LogP contribution < -0.4 is 4.74 Å². The van der Waals surface area contributed by atoms with E-state index in [0.717, 1.165) is 23.2 Å². The van der Waals surface area contributed by atoms with E-state index >= 15 is 0 Å². The maximum absolute atomic E-state index is 10.6.